The zero-order valence-corrected chi connectivity index (χ0v) is 14.1. The molecule has 1 N–H and O–H groups in total. The quantitative estimate of drug-likeness (QED) is 0.761. The highest BCUT2D eigenvalue weighted by molar-refractivity contribution is 5.76. The van der Waals surface area contributed by atoms with Crippen molar-refractivity contribution in [3.05, 3.63) is 41.9 Å². The molecule has 23 heavy (non-hydrogen) atoms. The average Bonchev–Trinajstić information content (AvgIpc) is 2.99. The van der Waals surface area contributed by atoms with E-state index >= 15 is 0 Å². The number of hydrogen-bond acceptors (Lipinski definition) is 4. The number of carbonyl (C=O) groups is 1. The summed E-state index contributed by atoms with van der Waals surface area (Å²) in [6.07, 6.45) is 3.59. The van der Waals surface area contributed by atoms with E-state index in [1.807, 2.05) is 45.3 Å². The molecule has 0 aliphatic rings. The molecule has 0 unspecified atom stereocenters. The molecule has 5 heteroatoms. The van der Waals surface area contributed by atoms with E-state index in [1.165, 1.54) is 5.56 Å². The van der Waals surface area contributed by atoms with Gasteiger partial charge in [-0.25, -0.2) is 4.98 Å². The first-order valence-electron chi connectivity index (χ1n) is 7.98. The lowest BCUT2D eigenvalue weighted by molar-refractivity contribution is -0.121. The molecular weight excluding hydrogens is 290 g/mol. The number of oxazole rings is 1. The molecule has 2 aromatic rings. The summed E-state index contributed by atoms with van der Waals surface area (Å²) in [7, 11) is 4.05. The van der Waals surface area contributed by atoms with Crippen LogP contribution in [-0.2, 0) is 11.2 Å². The Hall–Kier alpha value is -2.14. The van der Waals surface area contributed by atoms with Gasteiger partial charge in [0.2, 0.25) is 5.91 Å². The highest BCUT2D eigenvalue weighted by Gasteiger charge is 2.08. The van der Waals surface area contributed by atoms with Crippen LogP contribution in [0, 0.1) is 6.92 Å². The van der Waals surface area contributed by atoms with Crippen molar-refractivity contribution in [1.29, 1.82) is 0 Å². The third-order valence-corrected chi connectivity index (χ3v) is 3.56. The summed E-state index contributed by atoms with van der Waals surface area (Å²) in [5.41, 5.74) is 2.21. The van der Waals surface area contributed by atoms with Crippen LogP contribution in [0.2, 0.25) is 0 Å². The van der Waals surface area contributed by atoms with Crippen molar-refractivity contribution < 1.29 is 9.21 Å². The molecule has 0 fully saturated rings. The maximum absolute atomic E-state index is 11.8. The van der Waals surface area contributed by atoms with Gasteiger partial charge in [-0.2, -0.15) is 0 Å². The summed E-state index contributed by atoms with van der Waals surface area (Å²) in [4.78, 5) is 18.1. The molecule has 5 nitrogen and oxygen atoms in total. The molecule has 1 amide bonds. The van der Waals surface area contributed by atoms with E-state index < -0.39 is 0 Å². The van der Waals surface area contributed by atoms with Crippen LogP contribution in [0.25, 0.3) is 11.3 Å². The Balaban J connectivity index is 1.76. The average molecular weight is 315 g/mol. The lowest BCUT2D eigenvalue weighted by Gasteiger charge is -2.09. The number of nitrogens with zero attached hydrogens (tertiary/aromatic N) is 2. The molecule has 0 bridgehead atoms. The Morgan fingerprint density at radius 3 is 2.70 bits per heavy atom. The van der Waals surface area contributed by atoms with Gasteiger partial charge >= 0.3 is 0 Å². The van der Waals surface area contributed by atoms with Gasteiger partial charge in [-0.1, -0.05) is 29.8 Å². The highest BCUT2D eigenvalue weighted by atomic mass is 16.4. The van der Waals surface area contributed by atoms with Gasteiger partial charge in [-0.05, 0) is 34.0 Å². The normalized spacial score (nSPS) is 11.0. The summed E-state index contributed by atoms with van der Waals surface area (Å²) in [5, 5.41) is 2.92. The number of aromatic nitrogens is 1. The largest absolute Gasteiger partial charge is 0.441 e. The molecule has 2 rings (SSSR count). The van der Waals surface area contributed by atoms with Gasteiger partial charge < -0.3 is 14.6 Å². The van der Waals surface area contributed by atoms with E-state index in [1.54, 1.807) is 6.20 Å². The van der Waals surface area contributed by atoms with Crippen LogP contribution >= 0.6 is 0 Å². The van der Waals surface area contributed by atoms with Crippen molar-refractivity contribution >= 4 is 5.91 Å². The highest BCUT2D eigenvalue weighted by Crippen LogP contribution is 2.21. The van der Waals surface area contributed by atoms with Gasteiger partial charge in [0, 0.05) is 24.9 Å². The first-order valence-corrected chi connectivity index (χ1v) is 7.98. The molecule has 1 heterocycles. The SMILES string of the molecule is Cc1ccc(-c2cnc(CCC(=O)NCCCN(C)C)o2)cc1. The van der Waals surface area contributed by atoms with Crippen molar-refractivity contribution in [2.45, 2.75) is 26.2 Å². The van der Waals surface area contributed by atoms with Crippen LogP contribution in [0.15, 0.2) is 34.9 Å². The molecule has 0 saturated carbocycles. The van der Waals surface area contributed by atoms with Gasteiger partial charge in [0.1, 0.15) is 0 Å². The molecule has 0 saturated heterocycles. The second-order valence-corrected chi connectivity index (χ2v) is 5.99. The van der Waals surface area contributed by atoms with E-state index in [4.69, 9.17) is 4.42 Å². The number of hydrogen-bond donors (Lipinski definition) is 1. The smallest absolute Gasteiger partial charge is 0.220 e. The Bertz CT molecular complexity index is 617. The predicted molar refractivity (Wildman–Crippen MR) is 91.2 cm³/mol. The number of carbonyl (C=O) groups excluding carboxylic acids is 1. The van der Waals surface area contributed by atoms with Crippen LogP contribution in [0.1, 0.15) is 24.3 Å². The summed E-state index contributed by atoms with van der Waals surface area (Å²) >= 11 is 0. The number of amides is 1. The number of benzene rings is 1. The Kier molecular flexibility index (Phi) is 6.35. The van der Waals surface area contributed by atoms with Crippen molar-refractivity contribution in [1.82, 2.24) is 15.2 Å². The van der Waals surface area contributed by atoms with Gasteiger partial charge in [0.25, 0.3) is 0 Å². The van der Waals surface area contributed by atoms with Crippen molar-refractivity contribution in [2.75, 3.05) is 27.2 Å². The van der Waals surface area contributed by atoms with Crippen LogP contribution in [0.5, 0.6) is 0 Å². The second kappa shape index (κ2) is 8.48. The van der Waals surface area contributed by atoms with Gasteiger partial charge in [0.05, 0.1) is 6.20 Å². The predicted octanol–water partition coefficient (Wildman–Crippen LogP) is 2.65. The number of rotatable bonds is 8. The van der Waals surface area contributed by atoms with E-state index in [9.17, 15) is 4.79 Å². The van der Waals surface area contributed by atoms with E-state index in [0.29, 0.717) is 25.3 Å². The summed E-state index contributed by atoms with van der Waals surface area (Å²) in [6, 6.07) is 8.10. The van der Waals surface area contributed by atoms with Gasteiger partial charge in [0.15, 0.2) is 11.7 Å². The maximum Gasteiger partial charge on any atom is 0.220 e. The Morgan fingerprint density at radius 1 is 1.26 bits per heavy atom. The van der Waals surface area contributed by atoms with Crippen molar-refractivity contribution in [2.24, 2.45) is 0 Å². The molecule has 1 aromatic heterocycles. The maximum atomic E-state index is 11.8. The monoisotopic (exact) mass is 315 g/mol. The minimum atomic E-state index is 0.0406. The van der Waals surface area contributed by atoms with Crippen LogP contribution in [0.4, 0.5) is 0 Å². The number of aryl methyl sites for hydroxylation is 2. The minimum Gasteiger partial charge on any atom is -0.441 e. The molecule has 1 aromatic carbocycles. The Morgan fingerprint density at radius 2 is 2.00 bits per heavy atom. The van der Waals surface area contributed by atoms with Crippen molar-refractivity contribution in [3.63, 3.8) is 0 Å². The topological polar surface area (TPSA) is 58.4 Å². The van der Waals surface area contributed by atoms with Crippen LogP contribution < -0.4 is 5.32 Å². The third-order valence-electron chi connectivity index (χ3n) is 3.56. The first kappa shape index (κ1) is 17.2. The molecule has 0 aliphatic carbocycles. The fraction of sp³-hybridized carbons (Fsp3) is 0.444. The summed E-state index contributed by atoms with van der Waals surface area (Å²) in [6.45, 7) is 3.73. The standard InChI is InChI=1S/C18H25N3O2/c1-14-5-7-15(8-6-14)16-13-20-18(23-16)10-9-17(22)19-11-4-12-21(2)3/h5-8,13H,4,9-12H2,1-3H3,(H,19,22). The molecular formula is C18H25N3O2. The minimum absolute atomic E-state index is 0.0406. The van der Waals surface area contributed by atoms with E-state index in [2.05, 4.69) is 15.2 Å². The Labute approximate surface area is 137 Å². The molecule has 0 spiro atoms. The molecule has 0 radical (unpaired) electrons. The summed E-state index contributed by atoms with van der Waals surface area (Å²) < 4.78 is 5.72. The molecule has 124 valence electrons. The molecule has 0 aliphatic heterocycles. The van der Waals surface area contributed by atoms with Crippen LogP contribution in [-0.4, -0.2) is 43.0 Å². The lowest BCUT2D eigenvalue weighted by atomic mass is 10.1. The van der Waals surface area contributed by atoms with Gasteiger partial charge in [-0.15, -0.1) is 0 Å². The van der Waals surface area contributed by atoms with E-state index in [-0.39, 0.29) is 5.91 Å². The fourth-order valence-electron chi connectivity index (χ4n) is 2.21. The number of nitrogens with one attached hydrogen (secondary N) is 1. The van der Waals surface area contributed by atoms with Crippen molar-refractivity contribution in [3.8, 4) is 11.3 Å². The zero-order chi connectivity index (χ0) is 16.7. The lowest BCUT2D eigenvalue weighted by Crippen LogP contribution is -2.27. The first-order chi connectivity index (χ1) is 11.0. The van der Waals surface area contributed by atoms with Gasteiger partial charge in [-0.3, -0.25) is 4.79 Å². The molecule has 0 atom stereocenters. The third kappa shape index (κ3) is 5.87. The fourth-order valence-corrected chi connectivity index (χ4v) is 2.21. The van der Waals surface area contributed by atoms with E-state index in [0.717, 1.165) is 24.3 Å². The second-order valence-electron chi connectivity index (χ2n) is 5.99. The van der Waals surface area contributed by atoms with Crippen LogP contribution in [0.3, 0.4) is 0 Å². The summed E-state index contributed by atoms with van der Waals surface area (Å²) in [5.74, 6) is 1.38. The zero-order valence-electron chi connectivity index (χ0n) is 14.1.